The maximum absolute atomic E-state index is 11.0. The maximum Gasteiger partial charge on any atom is 0.312 e. The van der Waals surface area contributed by atoms with Gasteiger partial charge in [0.05, 0.1) is 11.0 Å². The number of ether oxygens (including phenoxy) is 1. The first-order chi connectivity index (χ1) is 9.47. The van der Waals surface area contributed by atoms with E-state index in [4.69, 9.17) is 4.74 Å². The molecule has 0 aliphatic heterocycles. The molecule has 0 spiro atoms. The van der Waals surface area contributed by atoms with Crippen molar-refractivity contribution in [2.45, 2.75) is 13.0 Å². The van der Waals surface area contributed by atoms with Gasteiger partial charge in [-0.15, -0.1) is 0 Å². The van der Waals surface area contributed by atoms with E-state index in [-0.39, 0.29) is 17.3 Å². The van der Waals surface area contributed by atoms with E-state index >= 15 is 0 Å². The monoisotopic (exact) mass is 338 g/mol. The summed E-state index contributed by atoms with van der Waals surface area (Å²) in [4.78, 5) is 14.4. The molecule has 1 heterocycles. The molecule has 6 nitrogen and oxygen atoms in total. The Hall–Kier alpha value is -1.99. The third-order valence-electron chi connectivity index (χ3n) is 2.57. The van der Waals surface area contributed by atoms with E-state index in [1.807, 2.05) is 0 Å². The lowest BCUT2D eigenvalue weighted by Crippen LogP contribution is -1.97. The molecule has 0 aliphatic rings. The van der Waals surface area contributed by atoms with Crippen LogP contribution < -0.4 is 4.74 Å². The molecule has 0 amide bonds. The average molecular weight is 339 g/mol. The molecule has 1 N–H and O–H groups in total. The Kier molecular flexibility index (Phi) is 4.31. The lowest BCUT2D eigenvalue weighted by atomic mass is 10.2. The maximum atomic E-state index is 11.0. The fraction of sp³-hybridized carbons (Fsp3) is 0.154. The summed E-state index contributed by atoms with van der Waals surface area (Å²) >= 11 is 3.17. The minimum Gasteiger partial charge on any atom is -0.432 e. The predicted molar refractivity (Wildman–Crippen MR) is 75.7 cm³/mol. The Morgan fingerprint density at radius 2 is 2.15 bits per heavy atom. The van der Waals surface area contributed by atoms with Crippen molar-refractivity contribution < 1.29 is 14.8 Å². The zero-order valence-electron chi connectivity index (χ0n) is 10.5. The molecule has 0 radical (unpaired) electrons. The number of aromatic nitrogens is 1. The van der Waals surface area contributed by atoms with Crippen molar-refractivity contribution in [1.82, 2.24) is 4.98 Å². The third kappa shape index (κ3) is 3.31. The topological polar surface area (TPSA) is 85.5 Å². The van der Waals surface area contributed by atoms with Crippen molar-refractivity contribution in [3.8, 4) is 11.6 Å². The van der Waals surface area contributed by atoms with E-state index in [1.54, 1.807) is 19.1 Å². The lowest BCUT2D eigenvalue weighted by molar-refractivity contribution is -0.385. The minimum atomic E-state index is -0.666. The van der Waals surface area contributed by atoms with Gasteiger partial charge in [0.2, 0.25) is 11.6 Å². The summed E-state index contributed by atoms with van der Waals surface area (Å²) in [6, 6.07) is 7.66. The number of nitro groups is 1. The van der Waals surface area contributed by atoms with Gasteiger partial charge in [-0.1, -0.05) is 15.9 Å². The van der Waals surface area contributed by atoms with Crippen molar-refractivity contribution >= 4 is 21.6 Å². The van der Waals surface area contributed by atoms with Crippen LogP contribution >= 0.6 is 15.9 Å². The normalized spacial score (nSPS) is 11.9. The quantitative estimate of drug-likeness (QED) is 0.679. The second-order valence-corrected chi connectivity index (χ2v) is 4.99. The van der Waals surface area contributed by atoms with Gasteiger partial charge in [0.25, 0.3) is 0 Å². The number of nitrogens with zero attached hydrogens (tertiary/aromatic N) is 2. The number of aliphatic hydroxyl groups is 1. The summed E-state index contributed by atoms with van der Waals surface area (Å²) in [5, 5.41) is 20.5. The summed E-state index contributed by atoms with van der Waals surface area (Å²) in [6.45, 7) is 1.61. The van der Waals surface area contributed by atoms with Crippen LogP contribution in [0.5, 0.6) is 11.6 Å². The van der Waals surface area contributed by atoms with E-state index < -0.39 is 11.0 Å². The standard InChI is InChI=1S/C13H11BrN2O4/c1-8(17)9-4-5-15-13(6-9)20-12-3-2-10(14)7-11(12)16(18)19/h2-8,17H,1H3/t8-/m1/s1. The van der Waals surface area contributed by atoms with Crippen molar-refractivity contribution in [3.63, 3.8) is 0 Å². The Morgan fingerprint density at radius 3 is 2.80 bits per heavy atom. The number of nitro benzene ring substituents is 1. The number of benzene rings is 1. The van der Waals surface area contributed by atoms with Gasteiger partial charge in [-0.05, 0) is 30.7 Å². The highest BCUT2D eigenvalue weighted by molar-refractivity contribution is 9.10. The van der Waals surface area contributed by atoms with Crippen LogP contribution in [0.2, 0.25) is 0 Å². The summed E-state index contributed by atoms with van der Waals surface area (Å²) in [5.74, 6) is 0.280. The molecule has 0 saturated heterocycles. The first-order valence-corrected chi connectivity index (χ1v) is 6.52. The molecule has 0 aliphatic carbocycles. The van der Waals surface area contributed by atoms with Crippen molar-refractivity contribution in [3.05, 3.63) is 56.7 Å². The molecule has 0 unspecified atom stereocenters. The summed E-state index contributed by atoms with van der Waals surface area (Å²) in [6.07, 6.45) is 0.808. The van der Waals surface area contributed by atoms with E-state index in [2.05, 4.69) is 20.9 Å². The van der Waals surface area contributed by atoms with Crippen LogP contribution in [0, 0.1) is 10.1 Å². The Morgan fingerprint density at radius 1 is 1.40 bits per heavy atom. The average Bonchev–Trinajstić information content (AvgIpc) is 2.41. The smallest absolute Gasteiger partial charge is 0.312 e. The number of aliphatic hydroxyl groups excluding tert-OH is 1. The molecule has 104 valence electrons. The van der Waals surface area contributed by atoms with Gasteiger partial charge in [0.15, 0.2) is 0 Å². The van der Waals surface area contributed by atoms with Crippen LogP contribution in [0.3, 0.4) is 0 Å². The van der Waals surface area contributed by atoms with E-state index in [0.29, 0.717) is 10.0 Å². The largest absolute Gasteiger partial charge is 0.432 e. The van der Waals surface area contributed by atoms with Crippen LogP contribution in [0.4, 0.5) is 5.69 Å². The molecule has 20 heavy (non-hydrogen) atoms. The van der Waals surface area contributed by atoms with Gasteiger partial charge >= 0.3 is 5.69 Å². The Balaban J connectivity index is 2.35. The molecule has 0 bridgehead atoms. The van der Waals surface area contributed by atoms with Gasteiger partial charge < -0.3 is 9.84 Å². The van der Waals surface area contributed by atoms with Crippen LogP contribution in [0.25, 0.3) is 0 Å². The molecule has 0 saturated carbocycles. The zero-order chi connectivity index (χ0) is 14.7. The molecule has 1 aromatic heterocycles. The highest BCUT2D eigenvalue weighted by Gasteiger charge is 2.17. The second-order valence-electron chi connectivity index (χ2n) is 4.07. The first kappa shape index (κ1) is 14.4. The van der Waals surface area contributed by atoms with Gasteiger partial charge in [0, 0.05) is 22.8 Å². The Bertz CT molecular complexity index is 646. The van der Waals surface area contributed by atoms with Crippen LogP contribution in [-0.4, -0.2) is 15.0 Å². The van der Waals surface area contributed by atoms with Gasteiger partial charge in [0.1, 0.15) is 0 Å². The molecule has 1 atom stereocenters. The van der Waals surface area contributed by atoms with Crippen LogP contribution in [0.15, 0.2) is 41.0 Å². The summed E-state index contributed by atoms with van der Waals surface area (Å²) in [7, 11) is 0. The zero-order valence-corrected chi connectivity index (χ0v) is 12.1. The van der Waals surface area contributed by atoms with Crippen molar-refractivity contribution in [2.24, 2.45) is 0 Å². The first-order valence-electron chi connectivity index (χ1n) is 5.73. The molecule has 0 fully saturated rings. The van der Waals surface area contributed by atoms with Crippen LogP contribution in [0.1, 0.15) is 18.6 Å². The van der Waals surface area contributed by atoms with Crippen molar-refractivity contribution in [1.29, 1.82) is 0 Å². The highest BCUT2D eigenvalue weighted by Crippen LogP contribution is 2.33. The van der Waals surface area contributed by atoms with E-state index in [1.165, 1.54) is 24.4 Å². The lowest BCUT2D eigenvalue weighted by Gasteiger charge is -2.08. The Labute approximate surface area is 123 Å². The predicted octanol–water partition coefficient (Wildman–Crippen LogP) is 3.60. The molecular formula is C13H11BrN2O4. The van der Waals surface area contributed by atoms with Crippen LogP contribution in [-0.2, 0) is 0 Å². The number of halogens is 1. The van der Waals surface area contributed by atoms with E-state index in [9.17, 15) is 15.2 Å². The number of pyridine rings is 1. The second kappa shape index (κ2) is 5.98. The minimum absolute atomic E-state index is 0.0912. The SMILES string of the molecule is C[C@@H](O)c1ccnc(Oc2ccc(Br)cc2[N+](=O)[O-])c1. The fourth-order valence-corrected chi connectivity index (χ4v) is 1.92. The summed E-state index contributed by atoms with van der Waals surface area (Å²) < 4.78 is 6.02. The molecular weight excluding hydrogens is 328 g/mol. The number of rotatable bonds is 4. The highest BCUT2D eigenvalue weighted by atomic mass is 79.9. The molecule has 2 aromatic rings. The fourth-order valence-electron chi connectivity index (χ4n) is 1.57. The third-order valence-corrected chi connectivity index (χ3v) is 3.07. The number of hydrogen-bond donors (Lipinski definition) is 1. The molecule has 2 rings (SSSR count). The van der Waals surface area contributed by atoms with Gasteiger partial charge in [-0.3, -0.25) is 10.1 Å². The molecule has 7 heteroatoms. The van der Waals surface area contributed by atoms with E-state index in [0.717, 1.165) is 0 Å². The summed E-state index contributed by atoms with van der Waals surface area (Å²) in [5.41, 5.74) is 0.457. The van der Waals surface area contributed by atoms with Gasteiger partial charge in [-0.2, -0.15) is 0 Å². The number of hydrogen-bond acceptors (Lipinski definition) is 5. The van der Waals surface area contributed by atoms with Crippen molar-refractivity contribution in [2.75, 3.05) is 0 Å². The van der Waals surface area contributed by atoms with Gasteiger partial charge in [-0.25, -0.2) is 4.98 Å². The molecule has 1 aromatic carbocycles.